The van der Waals surface area contributed by atoms with Crippen LogP contribution in [0.15, 0.2) is 36.5 Å². The smallest absolute Gasteiger partial charge is 0.0522 e. The average Bonchev–Trinajstić information content (AvgIpc) is 3.10. The topological polar surface area (TPSA) is 44.0 Å². The predicted molar refractivity (Wildman–Crippen MR) is 97.1 cm³/mol. The zero-order valence-electron chi connectivity index (χ0n) is 14.4. The number of aromatic amines is 1. The Hall–Kier alpha value is -1.65. The minimum atomic E-state index is 0.635. The second-order valence-electron chi connectivity index (χ2n) is 7.33. The molecule has 1 aliphatic carbocycles. The van der Waals surface area contributed by atoms with Crippen molar-refractivity contribution in [3.8, 4) is 0 Å². The standard InChI is InChI=1S/C20H28N4/c1-2-4-16(5-3-1)8-11-24-12-9-18(10-13-24)22-19-6-7-20-17(14-19)15-21-23-20/h1-5,15,18-19,22H,6-14H2,(H,21,23)/t19-/m0/s1. The molecule has 4 nitrogen and oxygen atoms in total. The van der Waals surface area contributed by atoms with Gasteiger partial charge in [-0.1, -0.05) is 30.3 Å². The number of benzene rings is 1. The quantitative estimate of drug-likeness (QED) is 0.888. The van der Waals surface area contributed by atoms with E-state index in [-0.39, 0.29) is 0 Å². The molecule has 2 aromatic rings. The summed E-state index contributed by atoms with van der Waals surface area (Å²) in [6.07, 6.45) is 9.26. The first-order chi connectivity index (χ1) is 11.9. The van der Waals surface area contributed by atoms with Crippen molar-refractivity contribution in [1.29, 1.82) is 0 Å². The van der Waals surface area contributed by atoms with Crippen LogP contribution in [0.1, 0.15) is 36.1 Å². The Morgan fingerprint density at radius 1 is 1.08 bits per heavy atom. The molecule has 1 aliphatic heterocycles. The fraction of sp³-hybridized carbons (Fsp3) is 0.550. The third-order valence-electron chi connectivity index (χ3n) is 5.64. The predicted octanol–water partition coefficient (Wildman–Crippen LogP) is 2.56. The number of hydrogen-bond donors (Lipinski definition) is 2. The molecule has 0 bridgehead atoms. The minimum Gasteiger partial charge on any atom is -0.311 e. The van der Waals surface area contributed by atoms with Gasteiger partial charge in [0.05, 0.1) is 6.20 Å². The summed E-state index contributed by atoms with van der Waals surface area (Å²) in [6.45, 7) is 3.65. The van der Waals surface area contributed by atoms with Gasteiger partial charge in [0.15, 0.2) is 0 Å². The molecule has 2 N–H and O–H groups in total. The maximum Gasteiger partial charge on any atom is 0.0522 e. The fourth-order valence-electron chi connectivity index (χ4n) is 4.15. The van der Waals surface area contributed by atoms with Crippen LogP contribution in [0.3, 0.4) is 0 Å². The van der Waals surface area contributed by atoms with Crippen molar-refractivity contribution in [2.45, 2.75) is 50.6 Å². The summed E-state index contributed by atoms with van der Waals surface area (Å²) in [7, 11) is 0. The highest BCUT2D eigenvalue weighted by Gasteiger charge is 2.25. The summed E-state index contributed by atoms with van der Waals surface area (Å²) in [5, 5.41) is 11.2. The Morgan fingerprint density at radius 3 is 2.75 bits per heavy atom. The molecule has 0 radical (unpaired) electrons. The maximum absolute atomic E-state index is 4.18. The van der Waals surface area contributed by atoms with E-state index in [9.17, 15) is 0 Å². The molecule has 2 heterocycles. The SMILES string of the molecule is c1ccc(CCN2CCC(N[C@H]3CCc4[nH]ncc4C3)CC2)cc1. The van der Waals surface area contributed by atoms with Gasteiger partial charge in [-0.2, -0.15) is 5.10 Å². The number of aryl methyl sites for hydroxylation is 1. The maximum atomic E-state index is 4.18. The number of nitrogens with zero attached hydrogens (tertiary/aromatic N) is 2. The lowest BCUT2D eigenvalue weighted by atomic mass is 9.92. The molecule has 0 spiro atoms. The number of piperidine rings is 1. The van der Waals surface area contributed by atoms with Gasteiger partial charge in [0.1, 0.15) is 0 Å². The van der Waals surface area contributed by atoms with E-state index >= 15 is 0 Å². The van der Waals surface area contributed by atoms with E-state index in [2.05, 4.69) is 50.7 Å². The summed E-state index contributed by atoms with van der Waals surface area (Å²) >= 11 is 0. The molecule has 0 amide bonds. The van der Waals surface area contributed by atoms with Crippen LogP contribution in [-0.2, 0) is 19.3 Å². The Morgan fingerprint density at radius 2 is 1.92 bits per heavy atom. The van der Waals surface area contributed by atoms with Gasteiger partial charge in [0, 0.05) is 24.3 Å². The normalized spacial score (nSPS) is 22.4. The zero-order valence-corrected chi connectivity index (χ0v) is 14.4. The number of aromatic nitrogens is 2. The van der Waals surface area contributed by atoms with Crippen LogP contribution >= 0.6 is 0 Å². The molecule has 1 aromatic heterocycles. The Bertz CT molecular complexity index is 628. The van der Waals surface area contributed by atoms with Crippen LogP contribution in [0.5, 0.6) is 0 Å². The van der Waals surface area contributed by atoms with Crippen molar-refractivity contribution in [3.05, 3.63) is 53.3 Å². The first kappa shape index (κ1) is 15.9. The van der Waals surface area contributed by atoms with Gasteiger partial charge in [-0.3, -0.25) is 5.10 Å². The average molecular weight is 324 g/mol. The highest BCUT2D eigenvalue weighted by molar-refractivity contribution is 5.21. The van der Waals surface area contributed by atoms with Gasteiger partial charge in [-0.15, -0.1) is 0 Å². The lowest BCUT2D eigenvalue weighted by Crippen LogP contribution is -2.48. The van der Waals surface area contributed by atoms with Crippen molar-refractivity contribution < 1.29 is 0 Å². The van der Waals surface area contributed by atoms with Crippen molar-refractivity contribution in [2.75, 3.05) is 19.6 Å². The van der Waals surface area contributed by atoms with Gasteiger partial charge in [0.2, 0.25) is 0 Å². The minimum absolute atomic E-state index is 0.635. The Kier molecular flexibility index (Phi) is 4.95. The molecule has 1 saturated heterocycles. The fourth-order valence-corrected chi connectivity index (χ4v) is 4.15. The van der Waals surface area contributed by atoms with Crippen molar-refractivity contribution in [1.82, 2.24) is 20.4 Å². The second kappa shape index (κ2) is 7.49. The summed E-state index contributed by atoms with van der Waals surface area (Å²) < 4.78 is 0. The molecule has 24 heavy (non-hydrogen) atoms. The first-order valence-electron chi connectivity index (χ1n) is 9.40. The van der Waals surface area contributed by atoms with Gasteiger partial charge in [-0.05, 0) is 62.7 Å². The third-order valence-corrected chi connectivity index (χ3v) is 5.64. The van der Waals surface area contributed by atoms with Crippen LogP contribution in [0.2, 0.25) is 0 Å². The summed E-state index contributed by atoms with van der Waals surface area (Å²) in [6, 6.07) is 12.2. The molecule has 4 heteroatoms. The lowest BCUT2D eigenvalue weighted by molar-refractivity contribution is 0.190. The lowest BCUT2D eigenvalue weighted by Gasteiger charge is -2.35. The molecule has 0 unspecified atom stereocenters. The monoisotopic (exact) mass is 324 g/mol. The van der Waals surface area contributed by atoms with E-state index in [1.807, 2.05) is 6.20 Å². The van der Waals surface area contributed by atoms with Gasteiger partial charge < -0.3 is 10.2 Å². The van der Waals surface area contributed by atoms with Gasteiger partial charge in [-0.25, -0.2) is 0 Å². The van der Waals surface area contributed by atoms with Crippen molar-refractivity contribution in [2.24, 2.45) is 0 Å². The Labute approximate surface area is 144 Å². The molecule has 2 aliphatic rings. The molecule has 1 aromatic carbocycles. The molecule has 4 rings (SSSR count). The molecule has 1 atom stereocenters. The molecule has 128 valence electrons. The summed E-state index contributed by atoms with van der Waals surface area (Å²) in [5.74, 6) is 0. The molecule has 1 fully saturated rings. The van der Waals surface area contributed by atoms with Gasteiger partial charge >= 0.3 is 0 Å². The molecular weight excluding hydrogens is 296 g/mol. The number of H-pyrrole nitrogens is 1. The first-order valence-corrected chi connectivity index (χ1v) is 9.40. The van der Waals surface area contributed by atoms with E-state index in [0.29, 0.717) is 12.1 Å². The summed E-state index contributed by atoms with van der Waals surface area (Å²) in [4.78, 5) is 2.63. The number of fused-ring (bicyclic) bond motifs is 1. The van der Waals surface area contributed by atoms with E-state index in [4.69, 9.17) is 0 Å². The molecule has 0 saturated carbocycles. The van der Waals surface area contributed by atoms with E-state index in [1.165, 1.54) is 62.1 Å². The highest BCUT2D eigenvalue weighted by Crippen LogP contribution is 2.21. The van der Waals surface area contributed by atoms with Crippen LogP contribution < -0.4 is 5.32 Å². The zero-order chi connectivity index (χ0) is 16.2. The third kappa shape index (κ3) is 3.87. The van der Waals surface area contributed by atoms with E-state index in [0.717, 1.165) is 12.8 Å². The van der Waals surface area contributed by atoms with Crippen molar-refractivity contribution in [3.63, 3.8) is 0 Å². The van der Waals surface area contributed by atoms with Crippen LogP contribution in [-0.4, -0.2) is 46.8 Å². The van der Waals surface area contributed by atoms with Crippen LogP contribution in [0, 0.1) is 0 Å². The Balaban J connectivity index is 1.19. The van der Waals surface area contributed by atoms with Crippen LogP contribution in [0.25, 0.3) is 0 Å². The number of rotatable bonds is 5. The van der Waals surface area contributed by atoms with Gasteiger partial charge in [0.25, 0.3) is 0 Å². The number of likely N-dealkylation sites (tertiary alicyclic amines) is 1. The number of nitrogens with one attached hydrogen (secondary N) is 2. The largest absolute Gasteiger partial charge is 0.311 e. The van der Waals surface area contributed by atoms with E-state index < -0.39 is 0 Å². The number of hydrogen-bond acceptors (Lipinski definition) is 3. The van der Waals surface area contributed by atoms with Crippen LogP contribution in [0.4, 0.5) is 0 Å². The van der Waals surface area contributed by atoms with Crippen molar-refractivity contribution >= 4 is 0 Å². The summed E-state index contributed by atoms with van der Waals surface area (Å²) in [5.41, 5.74) is 4.22. The van der Waals surface area contributed by atoms with E-state index in [1.54, 1.807) is 0 Å². The highest BCUT2D eigenvalue weighted by atomic mass is 15.1. The second-order valence-corrected chi connectivity index (χ2v) is 7.33. The molecular formula is C20H28N4.